The fraction of sp³-hybridized carbons (Fsp3) is 0.235. The molecule has 22 heavy (non-hydrogen) atoms. The van der Waals surface area contributed by atoms with Crippen molar-refractivity contribution in [3.8, 4) is 0 Å². The van der Waals surface area contributed by atoms with Gasteiger partial charge in [-0.15, -0.1) is 0 Å². The summed E-state index contributed by atoms with van der Waals surface area (Å²) >= 11 is 0. The first-order chi connectivity index (χ1) is 10.6. The lowest BCUT2D eigenvalue weighted by molar-refractivity contribution is 0.101. The number of halogens is 1. The van der Waals surface area contributed by atoms with Crippen LogP contribution in [0.5, 0.6) is 0 Å². The van der Waals surface area contributed by atoms with Crippen LogP contribution >= 0.6 is 0 Å². The molecule has 0 aliphatic carbocycles. The quantitative estimate of drug-likeness (QED) is 0.796. The highest BCUT2D eigenvalue weighted by Crippen LogP contribution is 2.19. The molecule has 2 aromatic carbocycles. The number of Topliss-reactive ketones (excluding diaryl/α,β-unsaturated/α-hetero) is 1. The van der Waals surface area contributed by atoms with Crippen LogP contribution in [0.4, 0.5) is 10.1 Å². The summed E-state index contributed by atoms with van der Waals surface area (Å²) in [6.07, 6.45) is 0. The molecule has 116 valence electrons. The van der Waals surface area contributed by atoms with Gasteiger partial charge >= 0.3 is 0 Å². The molecule has 0 fully saturated rings. The SMILES string of the molecule is CC(=O)c1c(F)cccc1NCCS(=O)Cc1ccccc1. The molecule has 0 amide bonds. The Hall–Kier alpha value is -2.01. The average Bonchev–Trinajstić information content (AvgIpc) is 2.48. The highest BCUT2D eigenvalue weighted by molar-refractivity contribution is 7.84. The minimum absolute atomic E-state index is 0.0522. The van der Waals surface area contributed by atoms with Crippen molar-refractivity contribution in [3.63, 3.8) is 0 Å². The van der Waals surface area contributed by atoms with Crippen molar-refractivity contribution in [1.82, 2.24) is 0 Å². The van der Waals surface area contributed by atoms with Gasteiger partial charge in [-0.3, -0.25) is 9.00 Å². The van der Waals surface area contributed by atoms with Crippen LogP contribution in [0.2, 0.25) is 0 Å². The summed E-state index contributed by atoms with van der Waals surface area (Å²) in [5.41, 5.74) is 1.52. The van der Waals surface area contributed by atoms with Crippen molar-refractivity contribution in [2.24, 2.45) is 0 Å². The Morgan fingerprint density at radius 1 is 1.14 bits per heavy atom. The number of anilines is 1. The van der Waals surface area contributed by atoms with Crippen LogP contribution in [0.3, 0.4) is 0 Å². The van der Waals surface area contributed by atoms with Crippen molar-refractivity contribution in [1.29, 1.82) is 0 Å². The van der Waals surface area contributed by atoms with Crippen LogP contribution in [0, 0.1) is 5.82 Å². The molecule has 2 aromatic rings. The van der Waals surface area contributed by atoms with E-state index >= 15 is 0 Å². The lowest BCUT2D eigenvalue weighted by Gasteiger charge is -2.11. The Bertz CT molecular complexity index is 674. The topological polar surface area (TPSA) is 46.2 Å². The smallest absolute Gasteiger partial charge is 0.164 e. The molecule has 2 rings (SSSR count). The number of ketones is 1. The molecule has 0 spiro atoms. The van der Waals surface area contributed by atoms with E-state index in [9.17, 15) is 13.4 Å². The fourth-order valence-electron chi connectivity index (χ4n) is 2.16. The van der Waals surface area contributed by atoms with Gasteiger partial charge in [0.15, 0.2) is 5.78 Å². The van der Waals surface area contributed by atoms with Gasteiger partial charge in [0.25, 0.3) is 0 Å². The fourth-order valence-corrected chi connectivity index (χ4v) is 3.20. The highest BCUT2D eigenvalue weighted by atomic mass is 32.2. The van der Waals surface area contributed by atoms with E-state index in [2.05, 4.69) is 5.32 Å². The predicted octanol–water partition coefficient (Wildman–Crippen LogP) is 3.39. The lowest BCUT2D eigenvalue weighted by atomic mass is 10.1. The molecule has 0 heterocycles. The number of rotatable bonds is 7. The molecule has 0 aliphatic rings. The van der Waals surface area contributed by atoms with Crippen LogP contribution < -0.4 is 5.32 Å². The number of hydrogen-bond donors (Lipinski definition) is 1. The zero-order valence-corrected chi connectivity index (χ0v) is 13.2. The lowest BCUT2D eigenvalue weighted by Crippen LogP contribution is -2.14. The molecule has 0 aliphatic heterocycles. The van der Waals surface area contributed by atoms with E-state index in [1.165, 1.54) is 13.0 Å². The maximum Gasteiger partial charge on any atom is 0.164 e. The predicted molar refractivity (Wildman–Crippen MR) is 88.0 cm³/mol. The van der Waals surface area contributed by atoms with Gasteiger partial charge in [-0.2, -0.15) is 0 Å². The molecular formula is C17H18FNO2S. The zero-order valence-electron chi connectivity index (χ0n) is 12.3. The molecule has 0 aromatic heterocycles. The van der Waals surface area contributed by atoms with E-state index in [1.807, 2.05) is 30.3 Å². The van der Waals surface area contributed by atoms with Crippen molar-refractivity contribution in [2.45, 2.75) is 12.7 Å². The number of benzene rings is 2. The number of nitrogens with one attached hydrogen (secondary N) is 1. The summed E-state index contributed by atoms with van der Waals surface area (Å²) in [7, 11) is -1.01. The second kappa shape index (κ2) is 7.84. The highest BCUT2D eigenvalue weighted by Gasteiger charge is 2.12. The summed E-state index contributed by atoms with van der Waals surface area (Å²) in [5, 5.41) is 3.00. The Balaban J connectivity index is 1.90. The second-order valence-electron chi connectivity index (χ2n) is 4.92. The normalized spacial score (nSPS) is 11.9. The molecule has 1 atom stereocenters. The molecule has 5 heteroatoms. The van der Waals surface area contributed by atoms with Crippen molar-refractivity contribution >= 4 is 22.3 Å². The maximum absolute atomic E-state index is 13.7. The average molecular weight is 319 g/mol. The van der Waals surface area contributed by atoms with E-state index < -0.39 is 16.6 Å². The van der Waals surface area contributed by atoms with Crippen LogP contribution in [-0.4, -0.2) is 22.3 Å². The molecule has 1 unspecified atom stereocenters. The number of hydrogen-bond acceptors (Lipinski definition) is 3. The van der Waals surface area contributed by atoms with Crippen molar-refractivity contribution in [3.05, 3.63) is 65.5 Å². The standard InChI is InChI=1S/C17H18FNO2S/c1-13(20)17-15(18)8-5-9-16(17)19-10-11-22(21)12-14-6-3-2-4-7-14/h2-9,19H,10-12H2,1H3. The van der Waals surface area contributed by atoms with E-state index in [1.54, 1.807) is 12.1 Å². The van der Waals surface area contributed by atoms with Gasteiger partial charge in [0.1, 0.15) is 5.82 Å². The summed E-state index contributed by atoms with van der Waals surface area (Å²) in [6.45, 7) is 1.75. The van der Waals surface area contributed by atoms with Gasteiger partial charge < -0.3 is 5.32 Å². The molecule has 0 saturated heterocycles. The van der Waals surface area contributed by atoms with Gasteiger partial charge in [0.05, 0.1) is 5.56 Å². The van der Waals surface area contributed by atoms with Crippen LogP contribution in [0.25, 0.3) is 0 Å². The maximum atomic E-state index is 13.7. The molecule has 0 saturated carbocycles. The van der Waals surface area contributed by atoms with Gasteiger partial charge in [0.2, 0.25) is 0 Å². The minimum atomic E-state index is -1.01. The summed E-state index contributed by atoms with van der Waals surface area (Å²) in [6, 6.07) is 14.1. The number of carbonyl (C=O) groups is 1. The molecule has 0 radical (unpaired) electrons. The van der Waals surface area contributed by atoms with Crippen LogP contribution in [0.1, 0.15) is 22.8 Å². The Labute approximate surface area is 132 Å². The van der Waals surface area contributed by atoms with Gasteiger partial charge in [-0.05, 0) is 24.6 Å². The Morgan fingerprint density at radius 2 is 1.86 bits per heavy atom. The summed E-state index contributed by atoms with van der Waals surface area (Å²) in [4.78, 5) is 11.5. The van der Waals surface area contributed by atoms with E-state index in [0.717, 1.165) is 5.56 Å². The van der Waals surface area contributed by atoms with Crippen LogP contribution in [-0.2, 0) is 16.6 Å². The largest absolute Gasteiger partial charge is 0.383 e. The van der Waals surface area contributed by atoms with E-state index in [-0.39, 0.29) is 11.3 Å². The number of carbonyl (C=O) groups excluding carboxylic acids is 1. The molecule has 3 nitrogen and oxygen atoms in total. The van der Waals surface area contributed by atoms with Gasteiger partial charge in [0, 0.05) is 34.5 Å². The van der Waals surface area contributed by atoms with Crippen LogP contribution in [0.15, 0.2) is 48.5 Å². The third-order valence-electron chi connectivity index (χ3n) is 3.18. The summed E-state index contributed by atoms with van der Waals surface area (Å²) in [5.74, 6) is 0.0578. The second-order valence-corrected chi connectivity index (χ2v) is 6.50. The first-order valence-corrected chi connectivity index (χ1v) is 8.49. The third kappa shape index (κ3) is 4.49. The zero-order chi connectivity index (χ0) is 15.9. The van der Waals surface area contributed by atoms with Crippen molar-refractivity contribution in [2.75, 3.05) is 17.6 Å². The first kappa shape index (κ1) is 16.4. The Morgan fingerprint density at radius 3 is 2.55 bits per heavy atom. The molecule has 1 N–H and O–H groups in total. The first-order valence-electron chi connectivity index (χ1n) is 7.00. The monoisotopic (exact) mass is 319 g/mol. The van der Waals surface area contributed by atoms with E-state index in [0.29, 0.717) is 23.7 Å². The minimum Gasteiger partial charge on any atom is -0.383 e. The van der Waals surface area contributed by atoms with Gasteiger partial charge in [-0.25, -0.2) is 4.39 Å². The van der Waals surface area contributed by atoms with E-state index in [4.69, 9.17) is 0 Å². The Kier molecular flexibility index (Phi) is 5.83. The van der Waals surface area contributed by atoms with Gasteiger partial charge in [-0.1, -0.05) is 36.4 Å². The summed E-state index contributed by atoms with van der Waals surface area (Å²) < 4.78 is 25.7. The molecular weight excluding hydrogens is 301 g/mol. The molecule has 0 bridgehead atoms. The third-order valence-corrected chi connectivity index (χ3v) is 4.50. The van der Waals surface area contributed by atoms with Crippen molar-refractivity contribution < 1.29 is 13.4 Å².